The van der Waals surface area contributed by atoms with Crippen molar-refractivity contribution in [2.75, 3.05) is 40.8 Å². The molecule has 2 amide bonds. The third kappa shape index (κ3) is 3.53. The average Bonchev–Trinajstić information content (AvgIpc) is 3.37. The molecule has 27 heavy (non-hydrogen) atoms. The Balaban J connectivity index is 1.57. The minimum absolute atomic E-state index is 0.0942. The summed E-state index contributed by atoms with van der Waals surface area (Å²) in [5.41, 5.74) is 1.19. The molecule has 0 aliphatic carbocycles. The van der Waals surface area contributed by atoms with Gasteiger partial charge in [0.1, 0.15) is 10.8 Å². The number of nitrogens with zero attached hydrogens (tertiary/aromatic N) is 4. The summed E-state index contributed by atoms with van der Waals surface area (Å²) >= 11 is 1.71. The number of ether oxygens (including phenoxy) is 1. The average molecular weight is 387 g/mol. The number of carbonyl (C=O) groups is 1. The maximum Gasteiger partial charge on any atom is 0.320 e. The number of likely N-dealkylation sites (tertiary alicyclic amines) is 2. The zero-order chi connectivity index (χ0) is 19.0. The van der Waals surface area contributed by atoms with E-state index < -0.39 is 0 Å². The molecule has 3 heterocycles. The Morgan fingerprint density at radius 1 is 1.26 bits per heavy atom. The number of methoxy groups -OCH3 is 1. The number of benzene rings is 1. The molecular formula is C20H26N4O2S. The maximum absolute atomic E-state index is 12.8. The molecule has 2 aromatic rings. The largest absolute Gasteiger partial charge is 0.497 e. The predicted molar refractivity (Wildman–Crippen MR) is 106 cm³/mol. The van der Waals surface area contributed by atoms with Crippen LogP contribution < -0.4 is 4.74 Å². The first-order valence-electron chi connectivity index (χ1n) is 9.29. The molecule has 0 unspecified atom stereocenters. The lowest BCUT2D eigenvalue weighted by atomic mass is 9.89. The third-order valence-corrected chi connectivity index (χ3v) is 6.43. The van der Waals surface area contributed by atoms with Crippen LogP contribution in [0.3, 0.4) is 0 Å². The van der Waals surface area contributed by atoms with Gasteiger partial charge in [-0.3, -0.25) is 4.90 Å². The van der Waals surface area contributed by atoms with Gasteiger partial charge in [0.05, 0.1) is 19.7 Å². The molecule has 6 nitrogen and oxygen atoms in total. The normalized spacial score (nSPS) is 24.9. The molecule has 144 valence electrons. The highest BCUT2D eigenvalue weighted by Gasteiger charge is 2.49. The molecule has 0 bridgehead atoms. The third-order valence-electron chi connectivity index (χ3n) is 5.67. The van der Waals surface area contributed by atoms with E-state index in [0.717, 1.165) is 36.9 Å². The first-order valence-corrected chi connectivity index (χ1v) is 10.2. The number of urea groups is 1. The van der Waals surface area contributed by atoms with Crippen LogP contribution in [0.4, 0.5) is 4.79 Å². The molecule has 2 saturated heterocycles. The van der Waals surface area contributed by atoms with Crippen LogP contribution in [0, 0.1) is 11.8 Å². The molecule has 1 aromatic carbocycles. The van der Waals surface area contributed by atoms with E-state index in [2.05, 4.69) is 26.9 Å². The number of amides is 2. The van der Waals surface area contributed by atoms with E-state index in [9.17, 15) is 4.79 Å². The summed E-state index contributed by atoms with van der Waals surface area (Å²) in [5, 5.41) is 3.20. The molecule has 0 N–H and O–H groups in total. The molecular weight excluding hydrogens is 360 g/mol. The van der Waals surface area contributed by atoms with E-state index in [0.29, 0.717) is 11.8 Å². The van der Waals surface area contributed by atoms with Crippen molar-refractivity contribution in [3.63, 3.8) is 0 Å². The van der Waals surface area contributed by atoms with Crippen LogP contribution in [-0.2, 0) is 6.54 Å². The van der Waals surface area contributed by atoms with Crippen LogP contribution in [0.25, 0.3) is 0 Å². The summed E-state index contributed by atoms with van der Waals surface area (Å²) in [6.07, 6.45) is 1.87. The number of rotatable bonds is 4. The molecule has 0 radical (unpaired) electrons. The Labute approximate surface area is 164 Å². The minimum Gasteiger partial charge on any atom is -0.497 e. The minimum atomic E-state index is 0.0942. The maximum atomic E-state index is 12.8. The van der Waals surface area contributed by atoms with Crippen molar-refractivity contribution in [1.82, 2.24) is 19.7 Å². The highest BCUT2D eigenvalue weighted by Crippen LogP contribution is 2.45. The number of thiazole rings is 1. The van der Waals surface area contributed by atoms with Gasteiger partial charge in [0, 0.05) is 51.2 Å². The Morgan fingerprint density at radius 3 is 2.67 bits per heavy atom. The first kappa shape index (κ1) is 18.3. The fourth-order valence-corrected chi connectivity index (χ4v) is 5.13. The number of fused-ring (bicyclic) bond motifs is 1. The Kier molecular flexibility index (Phi) is 5.06. The quantitative estimate of drug-likeness (QED) is 0.811. The zero-order valence-corrected chi connectivity index (χ0v) is 16.9. The summed E-state index contributed by atoms with van der Waals surface area (Å²) < 4.78 is 5.30. The smallest absolute Gasteiger partial charge is 0.320 e. The monoisotopic (exact) mass is 386 g/mol. The number of hydrogen-bond donors (Lipinski definition) is 0. The van der Waals surface area contributed by atoms with Gasteiger partial charge in [-0.25, -0.2) is 9.78 Å². The van der Waals surface area contributed by atoms with Gasteiger partial charge in [-0.1, -0.05) is 12.1 Å². The second-order valence-corrected chi connectivity index (χ2v) is 8.57. The number of carbonyl (C=O) groups excluding carboxylic acids is 1. The topological polar surface area (TPSA) is 48.9 Å². The van der Waals surface area contributed by atoms with E-state index in [1.54, 1.807) is 23.3 Å². The number of aromatic nitrogens is 1. The molecule has 0 saturated carbocycles. The Hall–Kier alpha value is -2.12. The van der Waals surface area contributed by atoms with Crippen molar-refractivity contribution in [2.45, 2.75) is 12.6 Å². The zero-order valence-electron chi connectivity index (χ0n) is 16.0. The predicted octanol–water partition coefficient (Wildman–Crippen LogP) is 2.94. The van der Waals surface area contributed by atoms with E-state index in [4.69, 9.17) is 4.74 Å². The lowest BCUT2D eigenvalue weighted by Gasteiger charge is -2.31. The van der Waals surface area contributed by atoms with Crippen LogP contribution in [0.15, 0.2) is 35.8 Å². The molecule has 2 aliphatic rings. The van der Waals surface area contributed by atoms with Crippen LogP contribution in [0.2, 0.25) is 0 Å². The first-order chi connectivity index (χ1) is 13.1. The summed E-state index contributed by atoms with van der Waals surface area (Å²) in [6, 6.07) is 8.39. The van der Waals surface area contributed by atoms with E-state index in [1.165, 1.54) is 5.56 Å². The second-order valence-electron chi connectivity index (χ2n) is 7.59. The standard InChI is InChI=1S/C20H26N4O2S/c1-22(2)20(25)24-11-15-10-23(13-18-21-8-9-27-18)12-17(15)19(24)14-4-6-16(26-3)7-5-14/h4-9,15,17,19H,10-13H2,1-3H3/t15-,17-,19+/m1/s1. The van der Waals surface area contributed by atoms with Crippen LogP contribution in [0.1, 0.15) is 16.6 Å². The molecule has 3 atom stereocenters. The highest BCUT2D eigenvalue weighted by atomic mass is 32.1. The lowest BCUT2D eigenvalue weighted by Crippen LogP contribution is -2.41. The van der Waals surface area contributed by atoms with Gasteiger partial charge in [0.15, 0.2) is 0 Å². The summed E-state index contributed by atoms with van der Waals surface area (Å²) in [5.74, 6) is 1.79. The number of hydrogen-bond acceptors (Lipinski definition) is 5. The van der Waals surface area contributed by atoms with Crippen molar-refractivity contribution in [1.29, 1.82) is 0 Å². The van der Waals surface area contributed by atoms with E-state index in [1.807, 2.05) is 37.8 Å². The molecule has 0 spiro atoms. The molecule has 7 heteroatoms. The summed E-state index contributed by atoms with van der Waals surface area (Å²) in [7, 11) is 5.34. The van der Waals surface area contributed by atoms with Crippen LogP contribution >= 0.6 is 11.3 Å². The van der Waals surface area contributed by atoms with Gasteiger partial charge in [0.25, 0.3) is 0 Å². The van der Waals surface area contributed by atoms with Crippen molar-refractivity contribution in [3.8, 4) is 5.75 Å². The summed E-state index contributed by atoms with van der Waals surface area (Å²) in [6.45, 7) is 3.74. The van der Waals surface area contributed by atoms with E-state index >= 15 is 0 Å². The van der Waals surface area contributed by atoms with Gasteiger partial charge in [-0.05, 0) is 23.6 Å². The molecule has 2 fully saturated rings. The second kappa shape index (κ2) is 7.48. The Morgan fingerprint density at radius 2 is 2.04 bits per heavy atom. The highest BCUT2D eigenvalue weighted by molar-refractivity contribution is 7.09. The van der Waals surface area contributed by atoms with Gasteiger partial charge < -0.3 is 14.5 Å². The van der Waals surface area contributed by atoms with Gasteiger partial charge in [-0.2, -0.15) is 0 Å². The summed E-state index contributed by atoms with van der Waals surface area (Å²) in [4.78, 5) is 23.5. The van der Waals surface area contributed by atoms with Crippen molar-refractivity contribution in [2.24, 2.45) is 11.8 Å². The van der Waals surface area contributed by atoms with Crippen molar-refractivity contribution in [3.05, 3.63) is 46.4 Å². The van der Waals surface area contributed by atoms with Gasteiger partial charge >= 0.3 is 6.03 Å². The van der Waals surface area contributed by atoms with Crippen molar-refractivity contribution < 1.29 is 9.53 Å². The van der Waals surface area contributed by atoms with Crippen LogP contribution in [-0.4, -0.2) is 66.6 Å². The molecule has 1 aromatic heterocycles. The molecule has 4 rings (SSSR count). The SMILES string of the molecule is COc1ccc([C@H]2[C@@H]3CN(Cc4nccs4)C[C@@H]3CN2C(=O)N(C)C)cc1. The Bertz CT molecular complexity index is 778. The fourth-order valence-electron chi connectivity index (χ4n) is 4.47. The lowest BCUT2D eigenvalue weighted by molar-refractivity contribution is 0.151. The van der Waals surface area contributed by atoms with Crippen LogP contribution in [0.5, 0.6) is 5.75 Å². The van der Waals surface area contributed by atoms with E-state index in [-0.39, 0.29) is 12.1 Å². The molecule has 2 aliphatic heterocycles. The fraction of sp³-hybridized carbons (Fsp3) is 0.500. The van der Waals surface area contributed by atoms with Gasteiger partial charge in [-0.15, -0.1) is 11.3 Å². The van der Waals surface area contributed by atoms with Gasteiger partial charge in [0.2, 0.25) is 0 Å². The van der Waals surface area contributed by atoms with Crippen molar-refractivity contribution >= 4 is 17.4 Å².